The third-order valence-electron chi connectivity index (χ3n) is 3.14. The Hall–Kier alpha value is -2.13. The number of nitrogens with one attached hydrogen (secondary N) is 1. The van der Waals surface area contributed by atoms with E-state index in [0.717, 1.165) is 11.0 Å². The summed E-state index contributed by atoms with van der Waals surface area (Å²) in [4.78, 5) is 24.7. The van der Waals surface area contributed by atoms with Crippen molar-refractivity contribution in [3.05, 3.63) is 28.1 Å². The van der Waals surface area contributed by atoms with Crippen molar-refractivity contribution >= 4 is 33.4 Å². The Morgan fingerprint density at radius 1 is 1.30 bits per heavy atom. The Morgan fingerprint density at radius 3 is 2.52 bits per heavy atom. The number of carbonyl (C=O) groups is 2. The third-order valence-corrected chi connectivity index (χ3v) is 3.73. The zero-order valence-electron chi connectivity index (χ0n) is 12.4. The topological polar surface area (TPSA) is 88.1 Å². The molecule has 0 unspecified atom stereocenters. The number of nitrogens with zero attached hydrogens (tertiary/aromatic N) is 1. The molecule has 0 saturated heterocycles. The lowest BCUT2D eigenvalue weighted by Crippen LogP contribution is -2.34. The lowest BCUT2D eigenvalue weighted by Gasteiger charge is -2.16. The van der Waals surface area contributed by atoms with Crippen LogP contribution in [-0.4, -0.2) is 49.2 Å². The largest absolute Gasteiger partial charge is 0.492 e. The van der Waals surface area contributed by atoms with Crippen molar-refractivity contribution in [3.8, 4) is 11.5 Å². The first-order chi connectivity index (χ1) is 10.9. The van der Waals surface area contributed by atoms with Gasteiger partial charge in [-0.1, -0.05) is 0 Å². The van der Waals surface area contributed by atoms with Crippen LogP contribution < -0.4 is 14.8 Å². The molecule has 2 N–H and O–H groups in total. The van der Waals surface area contributed by atoms with Crippen LogP contribution in [-0.2, 0) is 9.59 Å². The first kappa shape index (κ1) is 17.2. The van der Waals surface area contributed by atoms with Crippen LogP contribution in [0.1, 0.15) is 0 Å². The average molecular weight is 389 g/mol. The Morgan fingerprint density at radius 2 is 1.96 bits per heavy atom. The number of rotatable bonds is 6. The fourth-order valence-corrected chi connectivity index (χ4v) is 2.68. The molecule has 0 spiro atoms. The molecule has 0 atom stereocenters. The fourth-order valence-electron chi connectivity index (χ4n) is 2.12. The van der Waals surface area contributed by atoms with Crippen molar-refractivity contribution in [1.82, 2.24) is 4.90 Å². The van der Waals surface area contributed by atoms with Crippen LogP contribution in [0.5, 0.6) is 11.5 Å². The van der Waals surface area contributed by atoms with E-state index in [4.69, 9.17) is 14.6 Å². The first-order valence-electron chi connectivity index (χ1n) is 6.50. The van der Waals surface area contributed by atoms with Crippen molar-refractivity contribution in [2.45, 2.75) is 0 Å². The number of benzene rings is 1. The number of halogens is 2. The summed E-state index contributed by atoms with van der Waals surface area (Å²) in [5.41, 5.74) is 0.106. The molecule has 1 aromatic carbocycles. The maximum Gasteiger partial charge on any atom is 0.277 e. The third kappa shape index (κ3) is 3.15. The standard InChI is InChI=1S/C14H14BrFN2O5/c1-22-12-7(15)5-8(13(23-2)11(12)16)17-9-6-10(20)18(3-4-19)14(9)21/h5-6,17,19H,3-4H2,1-2H3. The predicted molar refractivity (Wildman–Crippen MR) is 82.7 cm³/mol. The summed E-state index contributed by atoms with van der Waals surface area (Å²) in [5.74, 6) is -2.13. The summed E-state index contributed by atoms with van der Waals surface area (Å²) in [6, 6.07) is 1.47. The van der Waals surface area contributed by atoms with Gasteiger partial charge in [0.25, 0.3) is 11.8 Å². The van der Waals surface area contributed by atoms with Crippen molar-refractivity contribution in [3.63, 3.8) is 0 Å². The number of aliphatic hydroxyl groups is 1. The molecule has 1 aliphatic heterocycles. The molecule has 2 amide bonds. The molecule has 0 bridgehead atoms. The summed E-state index contributed by atoms with van der Waals surface area (Å²) < 4.78 is 24.5. The van der Waals surface area contributed by atoms with E-state index in [2.05, 4.69) is 21.2 Å². The Balaban J connectivity index is 2.36. The molecule has 1 aromatic rings. The smallest absolute Gasteiger partial charge is 0.277 e. The van der Waals surface area contributed by atoms with Gasteiger partial charge in [0, 0.05) is 6.08 Å². The van der Waals surface area contributed by atoms with Crippen LogP contribution in [0.3, 0.4) is 0 Å². The number of methoxy groups -OCH3 is 2. The van der Waals surface area contributed by atoms with Crippen LogP contribution >= 0.6 is 15.9 Å². The molecule has 0 aromatic heterocycles. The van der Waals surface area contributed by atoms with Gasteiger partial charge < -0.3 is 19.9 Å². The molecule has 9 heteroatoms. The van der Waals surface area contributed by atoms with E-state index in [1.54, 1.807) is 0 Å². The quantitative estimate of drug-likeness (QED) is 0.713. The second kappa shape index (κ2) is 6.97. The average Bonchev–Trinajstić information content (AvgIpc) is 2.76. The van der Waals surface area contributed by atoms with Crippen molar-refractivity contribution in [1.29, 1.82) is 0 Å². The molecular formula is C14H14BrFN2O5. The second-order valence-corrected chi connectivity index (χ2v) is 5.34. The van der Waals surface area contributed by atoms with Crippen LogP contribution in [0.4, 0.5) is 10.1 Å². The van der Waals surface area contributed by atoms with Gasteiger partial charge in [-0.05, 0) is 22.0 Å². The van der Waals surface area contributed by atoms with Gasteiger partial charge in [0.1, 0.15) is 5.70 Å². The minimum absolute atomic E-state index is 0.0433. The summed E-state index contributed by atoms with van der Waals surface area (Å²) in [5, 5.41) is 11.6. The summed E-state index contributed by atoms with van der Waals surface area (Å²) in [6.07, 6.45) is 1.08. The number of aliphatic hydroxyl groups excluding tert-OH is 1. The van der Waals surface area contributed by atoms with Gasteiger partial charge in [-0.15, -0.1) is 0 Å². The van der Waals surface area contributed by atoms with Crippen LogP contribution in [0.2, 0.25) is 0 Å². The number of imide groups is 1. The van der Waals surface area contributed by atoms with Crippen molar-refractivity contribution in [2.75, 3.05) is 32.7 Å². The van der Waals surface area contributed by atoms with Gasteiger partial charge in [-0.2, -0.15) is 4.39 Å². The Labute approximate surface area is 139 Å². The highest BCUT2D eigenvalue weighted by molar-refractivity contribution is 9.10. The molecule has 0 fully saturated rings. The molecule has 0 aliphatic carbocycles. The fraction of sp³-hybridized carbons (Fsp3) is 0.286. The van der Waals surface area contributed by atoms with E-state index in [-0.39, 0.29) is 36.0 Å². The Kier molecular flexibility index (Phi) is 5.22. The maximum absolute atomic E-state index is 14.3. The number of hydrogen-bond donors (Lipinski definition) is 2. The number of ether oxygens (including phenoxy) is 2. The van der Waals surface area contributed by atoms with Gasteiger partial charge in [0.2, 0.25) is 5.82 Å². The number of carbonyl (C=O) groups excluding carboxylic acids is 2. The number of β-amino-alcohol motifs (C(OH)–C–C–N with tert-alkyl or cyclic N) is 1. The van der Waals surface area contributed by atoms with Crippen molar-refractivity contribution in [2.24, 2.45) is 0 Å². The van der Waals surface area contributed by atoms with Crippen molar-refractivity contribution < 1.29 is 28.6 Å². The van der Waals surface area contributed by atoms with Crippen LogP contribution in [0, 0.1) is 5.82 Å². The molecule has 2 rings (SSSR count). The van der Waals surface area contributed by atoms with Gasteiger partial charge in [-0.25, -0.2) is 0 Å². The predicted octanol–water partition coefficient (Wildman–Crippen LogP) is 1.26. The highest BCUT2D eigenvalue weighted by atomic mass is 79.9. The first-order valence-corrected chi connectivity index (χ1v) is 7.29. The molecule has 0 radical (unpaired) electrons. The van der Waals surface area contributed by atoms with Gasteiger partial charge >= 0.3 is 0 Å². The van der Waals surface area contributed by atoms with Gasteiger partial charge in [0.15, 0.2) is 11.5 Å². The highest BCUT2D eigenvalue weighted by Crippen LogP contribution is 2.40. The molecule has 124 valence electrons. The molecule has 0 saturated carbocycles. The van der Waals surface area contributed by atoms with E-state index in [1.165, 1.54) is 20.3 Å². The maximum atomic E-state index is 14.3. The zero-order valence-corrected chi connectivity index (χ0v) is 13.9. The minimum Gasteiger partial charge on any atom is -0.492 e. The number of anilines is 1. The van der Waals surface area contributed by atoms with Crippen LogP contribution in [0.15, 0.2) is 22.3 Å². The molecular weight excluding hydrogens is 375 g/mol. The SMILES string of the molecule is COc1c(Br)cc(NC2=CC(=O)N(CCO)C2=O)c(OC)c1F. The normalized spacial score (nSPS) is 14.1. The van der Waals surface area contributed by atoms with Gasteiger partial charge in [0.05, 0.1) is 37.5 Å². The molecule has 23 heavy (non-hydrogen) atoms. The van der Waals surface area contributed by atoms with E-state index in [1.807, 2.05) is 0 Å². The number of hydrogen-bond acceptors (Lipinski definition) is 6. The molecule has 1 aliphatic rings. The number of amides is 2. The van der Waals surface area contributed by atoms with E-state index in [9.17, 15) is 14.0 Å². The zero-order chi connectivity index (χ0) is 17.1. The van der Waals surface area contributed by atoms with E-state index >= 15 is 0 Å². The molecule has 7 nitrogen and oxygen atoms in total. The van der Waals surface area contributed by atoms with E-state index < -0.39 is 17.6 Å². The van der Waals surface area contributed by atoms with Crippen LogP contribution in [0.25, 0.3) is 0 Å². The summed E-state index contributed by atoms with van der Waals surface area (Å²) in [7, 11) is 2.58. The Bertz CT molecular complexity index is 692. The molecule has 1 heterocycles. The van der Waals surface area contributed by atoms with E-state index in [0.29, 0.717) is 4.47 Å². The second-order valence-electron chi connectivity index (χ2n) is 4.49. The summed E-state index contributed by atoms with van der Waals surface area (Å²) in [6.45, 7) is -0.457. The lowest BCUT2D eigenvalue weighted by atomic mass is 10.2. The monoisotopic (exact) mass is 388 g/mol. The van der Waals surface area contributed by atoms with Gasteiger partial charge in [-0.3, -0.25) is 14.5 Å². The lowest BCUT2D eigenvalue weighted by molar-refractivity contribution is -0.137. The summed E-state index contributed by atoms with van der Waals surface area (Å²) >= 11 is 3.16. The highest BCUT2D eigenvalue weighted by Gasteiger charge is 2.31. The minimum atomic E-state index is -0.753.